The molecule has 0 amide bonds. The van der Waals surface area contributed by atoms with E-state index in [2.05, 4.69) is 20.4 Å². The smallest absolute Gasteiger partial charge is 0.363 e. The number of anilines is 1. The molecule has 0 spiro atoms. The van der Waals surface area contributed by atoms with Crippen molar-refractivity contribution in [2.75, 3.05) is 5.32 Å². The lowest BCUT2D eigenvalue weighted by Crippen LogP contribution is -2.14. The molecule has 0 bridgehead atoms. The van der Waals surface area contributed by atoms with Crippen molar-refractivity contribution in [2.45, 2.75) is 33.0 Å². The van der Waals surface area contributed by atoms with Crippen LogP contribution in [0, 0.1) is 13.8 Å². The quantitative estimate of drug-likeness (QED) is 0.788. The predicted octanol–water partition coefficient (Wildman–Crippen LogP) is 3.93. The van der Waals surface area contributed by atoms with Crippen molar-refractivity contribution < 1.29 is 13.2 Å². The van der Waals surface area contributed by atoms with Crippen LogP contribution in [-0.2, 0) is 6.18 Å². The molecule has 126 valence electrons. The van der Waals surface area contributed by atoms with E-state index in [9.17, 15) is 13.2 Å². The molecule has 0 saturated heterocycles. The Bertz CT molecular complexity index is 868. The summed E-state index contributed by atoms with van der Waals surface area (Å²) in [5, 5.41) is 7.44. The standard InChI is InChI=1S/C16H16F3N5/c1-9-10(2)23-15-20-8-21-24(15)14(9)22-11(3)12-4-6-13(7-5-12)16(17,18)19/h4-8,11,22H,1-3H3. The SMILES string of the molecule is Cc1nc2ncnn2c(NC(C)c2ccc(C(F)(F)F)cc2)c1C. The van der Waals surface area contributed by atoms with Gasteiger partial charge < -0.3 is 5.32 Å². The number of aromatic nitrogens is 4. The van der Waals surface area contributed by atoms with Crippen LogP contribution in [0.25, 0.3) is 5.78 Å². The Morgan fingerprint density at radius 3 is 2.42 bits per heavy atom. The van der Waals surface area contributed by atoms with Gasteiger partial charge in [0, 0.05) is 17.3 Å². The van der Waals surface area contributed by atoms with E-state index in [1.165, 1.54) is 18.5 Å². The fourth-order valence-corrected chi connectivity index (χ4v) is 2.45. The predicted molar refractivity (Wildman–Crippen MR) is 83.7 cm³/mol. The van der Waals surface area contributed by atoms with Gasteiger partial charge in [0.1, 0.15) is 12.1 Å². The summed E-state index contributed by atoms with van der Waals surface area (Å²) >= 11 is 0. The minimum Gasteiger partial charge on any atom is -0.363 e. The third-order valence-electron chi connectivity index (χ3n) is 4.00. The lowest BCUT2D eigenvalue weighted by molar-refractivity contribution is -0.137. The average molecular weight is 335 g/mol. The van der Waals surface area contributed by atoms with Crippen LogP contribution in [0.3, 0.4) is 0 Å². The van der Waals surface area contributed by atoms with E-state index in [1.807, 2.05) is 20.8 Å². The third-order valence-corrected chi connectivity index (χ3v) is 4.00. The molecule has 2 heterocycles. The summed E-state index contributed by atoms with van der Waals surface area (Å²) in [6, 6.07) is 4.91. The summed E-state index contributed by atoms with van der Waals surface area (Å²) < 4.78 is 39.6. The highest BCUT2D eigenvalue weighted by Gasteiger charge is 2.30. The number of hydrogen-bond donors (Lipinski definition) is 1. The Morgan fingerprint density at radius 1 is 1.12 bits per heavy atom. The Hall–Kier alpha value is -2.64. The minimum absolute atomic E-state index is 0.208. The maximum Gasteiger partial charge on any atom is 0.416 e. The molecule has 0 fully saturated rings. The largest absolute Gasteiger partial charge is 0.416 e. The average Bonchev–Trinajstić information content (AvgIpc) is 2.98. The van der Waals surface area contributed by atoms with E-state index in [4.69, 9.17) is 0 Å². The summed E-state index contributed by atoms with van der Waals surface area (Å²) in [4.78, 5) is 8.41. The third kappa shape index (κ3) is 2.91. The number of fused-ring (bicyclic) bond motifs is 1. The molecule has 3 aromatic rings. The summed E-state index contributed by atoms with van der Waals surface area (Å²) in [5.74, 6) is 1.20. The van der Waals surface area contributed by atoms with Crippen LogP contribution in [0.15, 0.2) is 30.6 Å². The number of alkyl halides is 3. The number of aryl methyl sites for hydroxylation is 1. The van der Waals surface area contributed by atoms with Gasteiger partial charge in [0.25, 0.3) is 5.78 Å². The van der Waals surface area contributed by atoms with E-state index in [0.29, 0.717) is 5.78 Å². The highest BCUT2D eigenvalue weighted by molar-refractivity contribution is 5.53. The van der Waals surface area contributed by atoms with E-state index in [-0.39, 0.29) is 6.04 Å². The molecule has 1 aromatic carbocycles. The van der Waals surface area contributed by atoms with Crippen LogP contribution in [0.1, 0.15) is 35.3 Å². The molecule has 1 N–H and O–H groups in total. The number of rotatable bonds is 3. The summed E-state index contributed by atoms with van der Waals surface area (Å²) in [7, 11) is 0. The highest BCUT2D eigenvalue weighted by atomic mass is 19.4. The Balaban J connectivity index is 1.91. The summed E-state index contributed by atoms with van der Waals surface area (Å²) in [6.07, 6.45) is -2.92. The Kier molecular flexibility index (Phi) is 3.90. The molecule has 1 atom stereocenters. The van der Waals surface area contributed by atoms with Crippen LogP contribution in [0.4, 0.5) is 19.0 Å². The van der Waals surface area contributed by atoms with Gasteiger partial charge in [0.05, 0.1) is 5.56 Å². The lowest BCUT2D eigenvalue weighted by Gasteiger charge is -2.19. The molecule has 3 rings (SSSR count). The van der Waals surface area contributed by atoms with E-state index in [1.54, 1.807) is 4.52 Å². The van der Waals surface area contributed by atoms with Gasteiger partial charge in [-0.3, -0.25) is 0 Å². The van der Waals surface area contributed by atoms with Crippen molar-refractivity contribution in [1.82, 2.24) is 19.6 Å². The highest BCUT2D eigenvalue weighted by Crippen LogP contribution is 2.30. The zero-order valence-corrected chi connectivity index (χ0v) is 13.4. The first-order chi connectivity index (χ1) is 11.3. The van der Waals surface area contributed by atoms with Gasteiger partial charge in [-0.2, -0.15) is 27.8 Å². The van der Waals surface area contributed by atoms with Crippen LogP contribution in [0.5, 0.6) is 0 Å². The zero-order valence-electron chi connectivity index (χ0n) is 13.4. The molecule has 0 aliphatic rings. The number of benzene rings is 1. The van der Waals surface area contributed by atoms with Gasteiger partial charge in [0.2, 0.25) is 0 Å². The maximum atomic E-state index is 12.7. The van der Waals surface area contributed by atoms with Gasteiger partial charge in [0.15, 0.2) is 0 Å². The van der Waals surface area contributed by atoms with Crippen molar-refractivity contribution >= 4 is 11.6 Å². The van der Waals surface area contributed by atoms with Gasteiger partial charge in [-0.25, -0.2) is 4.98 Å². The van der Waals surface area contributed by atoms with Gasteiger partial charge in [-0.1, -0.05) is 12.1 Å². The van der Waals surface area contributed by atoms with E-state index >= 15 is 0 Å². The number of hydrogen-bond acceptors (Lipinski definition) is 4. The molecule has 8 heteroatoms. The summed E-state index contributed by atoms with van der Waals surface area (Å²) in [6.45, 7) is 5.66. The lowest BCUT2D eigenvalue weighted by atomic mass is 10.1. The van der Waals surface area contributed by atoms with Gasteiger partial charge >= 0.3 is 6.18 Å². The first kappa shape index (κ1) is 16.2. The fourth-order valence-electron chi connectivity index (χ4n) is 2.45. The topological polar surface area (TPSA) is 55.1 Å². The molecule has 0 radical (unpaired) electrons. The molecule has 1 unspecified atom stereocenters. The van der Waals surface area contributed by atoms with Crippen LogP contribution < -0.4 is 5.32 Å². The van der Waals surface area contributed by atoms with Crippen molar-refractivity contribution in [3.05, 3.63) is 53.0 Å². The second-order valence-corrected chi connectivity index (χ2v) is 5.63. The molecular weight excluding hydrogens is 319 g/mol. The molecule has 24 heavy (non-hydrogen) atoms. The van der Waals surface area contributed by atoms with Crippen molar-refractivity contribution in [3.63, 3.8) is 0 Å². The molecule has 5 nitrogen and oxygen atoms in total. The van der Waals surface area contributed by atoms with Gasteiger partial charge in [-0.05, 0) is 38.5 Å². The first-order valence-corrected chi connectivity index (χ1v) is 7.38. The Morgan fingerprint density at radius 2 is 1.79 bits per heavy atom. The Labute approximate surface area is 136 Å². The van der Waals surface area contributed by atoms with Crippen LogP contribution >= 0.6 is 0 Å². The van der Waals surface area contributed by atoms with E-state index in [0.717, 1.165) is 34.8 Å². The molecule has 0 saturated carbocycles. The fraction of sp³-hybridized carbons (Fsp3) is 0.312. The first-order valence-electron chi connectivity index (χ1n) is 7.38. The normalized spacial score (nSPS) is 13.2. The monoisotopic (exact) mass is 335 g/mol. The number of halogens is 3. The van der Waals surface area contributed by atoms with Gasteiger partial charge in [-0.15, -0.1) is 0 Å². The summed E-state index contributed by atoms with van der Waals surface area (Å²) in [5.41, 5.74) is 1.81. The molecule has 0 aliphatic heterocycles. The van der Waals surface area contributed by atoms with Crippen molar-refractivity contribution in [3.8, 4) is 0 Å². The van der Waals surface area contributed by atoms with Crippen molar-refractivity contribution in [1.29, 1.82) is 0 Å². The van der Waals surface area contributed by atoms with Crippen LogP contribution in [-0.4, -0.2) is 19.6 Å². The molecule has 2 aromatic heterocycles. The molecular formula is C16H16F3N5. The number of nitrogens with zero attached hydrogens (tertiary/aromatic N) is 4. The second kappa shape index (κ2) is 5.77. The van der Waals surface area contributed by atoms with Crippen molar-refractivity contribution in [2.24, 2.45) is 0 Å². The minimum atomic E-state index is -4.33. The second-order valence-electron chi connectivity index (χ2n) is 5.63. The number of nitrogens with one attached hydrogen (secondary N) is 1. The molecule has 0 aliphatic carbocycles. The zero-order chi connectivity index (χ0) is 17.5. The van der Waals surface area contributed by atoms with E-state index < -0.39 is 11.7 Å². The maximum absolute atomic E-state index is 12.7. The van der Waals surface area contributed by atoms with Crippen LogP contribution in [0.2, 0.25) is 0 Å².